The van der Waals surface area contributed by atoms with Gasteiger partial charge in [-0.3, -0.25) is 0 Å². The first kappa shape index (κ1) is 12.9. The summed E-state index contributed by atoms with van der Waals surface area (Å²) in [5.74, 6) is -1.62. The summed E-state index contributed by atoms with van der Waals surface area (Å²) in [5.41, 5.74) is 2.52. The largest absolute Gasteiger partial charge is 0.381 e. The monoisotopic (exact) mass is 274 g/mol. The van der Waals surface area contributed by atoms with E-state index in [-0.39, 0.29) is 6.04 Å². The number of anilines is 2. The molecular formula is C16H16F2N2. The van der Waals surface area contributed by atoms with Gasteiger partial charge in [-0.1, -0.05) is 30.3 Å². The van der Waals surface area contributed by atoms with Crippen LogP contribution in [0.1, 0.15) is 12.5 Å². The third-order valence-electron chi connectivity index (χ3n) is 3.66. The highest BCUT2D eigenvalue weighted by molar-refractivity contribution is 5.73. The maximum absolute atomic E-state index is 13.5. The van der Waals surface area contributed by atoms with Crippen molar-refractivity contribution in [1.29, 1.82) is 0 Å². The molecule has 0 saturated heterocycles. The predicted octanol–water partition coefficient (Wildman–Crippen LogP) is 3.79. The highest BCUT2D eigenvalue weighted by Gasteiger charge is 2.24. The molecule has 1 unspecified atom stereocenters. The van der Waals surface area contributed by atoms with E-state index in [2.05, 4.69) is 17.1 Å². The summed E-state index contributed by atoms with van der Waals surface area (Å²) in [6.45, 7) is 3.47. The van der Waals surface area contributed by atoms with Crippen LogP contribution in [-0.2, 0) is 6.54 Å². The van der Waals surface area contributed by atoms with E-state index in [4.69, 9.17) is 0 Å². The highest BCUT2D eigenvalue weighted by atomic mass is 19.2. The van der Waals surface area contributed by atoms with Crippen LogP contribution in [0.5, 0.6) is 0 Å². The van der Waals surface area contributed by atoms with Gasteiger partial charge < -0.3 is 10.2 Å². The molecule has 1 aliphatic rings. The van der Waals surface area contributed by atoms with Crippen molar-refractivity contribution in [2.24, 2.45) is 0 Å². The Morgan fingerprint density at radius 3 is 2.60 bits per heavy atom. The molecule has 1 aliphatic heterocycles. The first-order valence-corrected chi connectivity index (χ1v) is 6.68. The number of halogens is 2. The first-order valence-electron chi connectivity index (χ1n) is 6.68. The zero-order valence-electron chi connectivity index (χ0n) is 11.2. The van der Waals surface area contributed by atoms with Gasteiger partial charge in [0.25, 0.3) is 0 Å². The maximum Gasteiger partial charge on any atom is 0.161 e. The molecule has 104 valence electrons. The molecule has 0 radical (unpaired) electrons. The van der Waals surface area contributed by atoms with Crippen molar-refractivity contribution in [3.05, 3.63) is 59.7 Å². The third-order valence-corrected chi connectivity index (χ3v) is 3.66. The molecule has 0 fully saturated rings. The minimum absolute atomic E-state index is 0.215. The predicted molar refractivity (Wildman–Crippen MR) is 76.9 cm³/mol. The molecule has 1 N–H and O–H groups in total. The van der Waals surface area contributed by atoms with Gasteiger partial charge in [-0.05, 0) is 12.5 Å². The Morgan fingerprint density at radius 1 is 1.15 bits per heavy atom. The number of hydrogen-bond donors (Lipinski definition) is 1. The van der Waals surface area contributed by atoms with Gasteiger partial charge >= 0.3 is 0 Å². The zero-order valence-corrected chi connectivity index (χ0v) is 11.2. The fraction of sp³-hybridized carbons (Fsp3) is 0.250. The Morgan fingerprint density at radius 2 is 1.85 bits per heavy atom. The van der Waals surface area contributed by atoms with Gasteiger partial charge in [0.1, 0.15) is 0 Å². The summed E-state index contributed by atoms with van der Waals surface area (Å²) in [7, 11) is 0. The molecule has 0 saturated carbocycles. The summed E-state index contributed by atoms with van der Waals surface area (Å²) in [6.07, 6.45) is 0. The normalized spacial score (nSPS) is 17.6. The summed E-state index contributed by atoms with van der Waals surface area (Å²) >= 11 is 0. The van der Waals surface area contributed by atoms with Crippen LogP contribution in [0.25, 0.3) is 0 Å². The van der Waals surface area contributed by atoms with Crippen molar-refractivity contribution in [2.75, 3.05) is 16.8 Å². The molecule has 0 aromatic heterocycles. The van der Waals surface area contributed by atoms with Crippen molar-refractivity contribution < 1.29 is 8.78 Å². The number of nitrogens with zero attached hydrogens (tertiary/aromatic N) is 1. The lowest BCUT2D eigenvalue weighted by Crippen LogP contribution is -2.41. The molecule has 2 aromatic rings. The number of fused-ring (bicyclic) bond motifs is 1. The van der Waals surface area contributed by atoms with Gasteiger partial charge in [-0.25, -0.2) is 8.78 Å². The lowest BCUT2D eigenvalue weighted by molar-refractivity contribution is 0.506. The number of benzene rings is 2. The number of rotatable bonds is 2. The molecule has 2 aromatic carbocycles. The minimum Gasteiger partial charge on any atom is -0.381 e. The lowest BCUT2D eigenvalue weighted by atomic mass is 10.1. The molecule has 1 heterocycles. The van der Waals surface area contributed by atoms with E-state index in [9.17, 15) is 8.78 Å². The maximum atomic E-state index is 13.5. The van der Waals surface area contributed by atoms with Gasteiger partial charge in [0.15, 0.2) is 11.6 Å². The Bertz CT molecular complexity index is 613. The van der Waals surface area contributed by atoms with Crippen LogP contribution in [0.15, 0.2) is 42.5 Å². The number of nitrogens with one attached hydrogen (secondary N) is 1. The molecular weight excluding hydrogens is 258 g/mol. The summed E-state index contributed by atoms with van der Waals surface area (Å²) in [5, 5.41) is 3.15. The van der Waals surface area contributed by atoms with Crippen molar-refractivity contribution in [3.8, 4) is 0 Å². The van der Waals surface area contributed by atoms with E-state index in [1.54, 1.807) is 0 Å². The van der Waals surface area contributed by atoms with Crippen LogP contribution < -0.4 is 10.2 Å². The van der Waals surface area contributed by atoms with E-state index in [1.807, 2.05) is 30.3 Å². The molecule has 1 atom stereocenters. The van der Waals surface area contributed by atoms with Crippen LogP contribution in [0.4, 0.5) is 20.2 Å². The van der Waals surface area contributed by atoms with Gasteiger partial charge in [0, 0.05) is 31.3 Å². The summed E-state index contributed by atoms with van der Waals surface area (Å²) in [4.78, 5) is 2.10. The summed E-state index contributed by atoms with van der Waals surface area (Å²) < 4.78 is 26.8. The SMILES string of the molecule is CC1CNc2cc(F)c(F)cc2N1Cc1ccccc1. The molecule has 20 heavy (non-hydrogen) atoms. The molecule has 0 bridgehead atoms. The first-order chi connectivity index (χ1) is 9.65. The van der Waals surface area contributed by atoms with Crippen LogP contribution in [-0.4, -0.2) is 12.6 Å². The second kappa shape index (κ2) is 5.12. The minimum atomic E-state index is -0.814. The highest BCUT2D eigenvalue weighted by Crippen LogP contribution is 2.34. The Labute approximate surface area is 117 Å². The van der Waals surface area contributed by atoms with E-state index in [0.29, 0.717) is 24.5 Å². The molecule has 0 spiro atoms. The van der Waals surface area contributed by atoms with E-state index in [1.165, 1.54) is 12.1 Å². The van der Waals surface area contributed by atoms with Gasteiger partial charge in [0.2, 0.25) is 0 Å². The Kier molecular flexibility index (Phi) is 3.30. The van der Waals surface area contributed by atoms with Gasteiger partial charge in [0.05, 0.1) is 11.4 Å². The van der Waals surface area contributed by atoms with Crippen LogP contribution in [0, 0.1) is 11.6 Å². The average molecular weight is 274 g/mol. The van der Waals surface area contributed by atoms with Crippen molar-refractivity contribution in [2.45, 2.75) is 19.5 Å². The Balaban J connectivity index is 1.97. The van der Waals surface area contributed by atoms with Crippen molar-refractivity contribution in [1.82, 2.24) is 0 Å². The second-order valence-corrected chi connectivity index (χ2v) is 5.13. The van der Waals surface area contributed by atoms with Crippen LogP contribution in [0.3, 0.4) is 0 Å². The topological polar surface area (TPSA) is 15.3 Å². The standard InChI is InChI=1S/C16H16F2N2/c1-11-9-19-15-7-13(17)14(18)8-16(15)20(11)10-12-5-3-2-4-6-12/h2-8,11,19H,9-10H2,1H3. The molecule has 0 aliphatic carbocycles. The van der Waals surface area contributed by atoms with Crippen molar-refractivity contribution >= 4 is 11.4 Å². The summed E-state index contributed by atoms with van der Waals surface area (Å²) in [6, 6.07) is 12.7. The lowest BCUT2D eigenvalue weighted by Gasteiger charge is -2.37. The molecule has 0 amide bonds. The molecule has 4 heteroatoms. The van der Waals surface area contributed by atoms with E-state index >= 15 is 0 Å². The van der Waals surface area contributed by atoms with E-state index < -0.39 is 11.6 Å². The number of hydrogen-bond acceptors (Lipinski definition) is 2. The second-order valence-electron chi connectivity index (χ2n) is 5.13. The van der Waals surface area contributed by atoms with Crippen LogP contribution >= 0.6 is 0 Å². The smallest absolute Gasteiger partial charge is 0.161 e. The van der Waals surface area contributed by atoms with Crippen LogP contribution in [0.2, 0.25) is 0 Å². The van der Waals surface area contributed by atoms with Gasteiger partial charge in [-0.15, -0.1) is 0 Å². The molecule has 2 nitrogen and oxygen atoms in total. The zero-order chi connectivity index (χ0) is 14.1. The quantitative estimate of drug-likeness (QED) is 0.896. The average Bonchev–Trinajstić information content (AvgIpc) is 2.45. The fourth-order valence-corrected chi connectivity index (χ4v) is 2.54. The van der Waals surface area contributed by atoms with E-state index in [0.717, 1.165) is 5.56 Å². The van der Waals surface area contributed by atoms with Crippen molar-refractivity contribution in [3.63, 3.8) is 0 Å². The fourth-order valence-electron chi connectivity index (χ4n) is 2.54. The third kappa shape index (κ3) is 2.33. The molecule has 3 rings (SSSR count). The van der Waals surface area contributed by atoms with Gasteiger partial charge in [-0.2, -0.15) is 0 Å². The Hall–Kier alpha value is -2.10.